The van der Waals surface area contributed by atoms with Gasteiger partial charge in [0.1, 0.15) is 17.5 Å². The molecule has 0 saturated carbocycles. The van der Waals surface area contributed by atoms with Gasteiger partial charge in [0.2, 0.25) is 0 Å². The molecule has 1 aromatic heterocycles. The van der Waals surface area contributed by atoms with Crippen LogP contribution in [0.5, 0.6) is 0 Å². The number of halogens is 1. The van der Waals surface area contributed by atoms with Crippen LogP contribution >= 0.6 is 0 Å². The summed E-state index contributed by atoms with van der Waals surface area (Å²) in [5.41, 5.74) is 1.08. The van der Waals surface area contributed by atoms with Gasteiger partial charge >= 0.3 is 0 Å². The highest BCUT2D eigenvalue weighted by molar-refractivity contribution is 5.46. The van der Waals surface area contributed by atoms with E-state index in [1.54, 1.807) is 6.20 Å². The molecule has 0 radical (unpaired) electrons. The van der Waals surface area contributed by atoms with E-state index in [1.807, 2.05) is 25.1 Å². The van der Waals surface area contributed by atoms with E-state index < -0.39 is 0 Å². The maximum absolute atomic E-state index is 13.0. The highest BCUT2D eigenvalue weighted by atomic mass is 19.1. The molecule has 0 spiro atoms. The van der Waals surface area contributed by atoms with Gasteiger partial charge in [-0.1, -0.05) is 0 Å². The van der Waals surface area contributed by atoms with Crippen LogP contribution in [0.3, 0.4) is 0 Å². The summed E-state index contributed by atoms with van der Waals surface area (Å²) in [6.45, 7) is 6.47. The molecule has 22 heavy (non-hydrogen) atoms. The standard InChI is InChI=1S/C16H20FN5/c1-13-18-7-6-16(20-13)19-12-21-8-10-22(11-9-21)15-4-2-14(17)3-5-15/h2-7H,8-12H2,1H3,(H,18,19,20). The molecular weight excluding hydrogens is 281 g/mol. The molecule has 2 aromatic rings. The Hall–Kier alpha value is -2.21. The number of nitrogens with one attached hydrogen (secondary N) is 1. The molecule has 0 bridgehead atoms. The lowest BCUT2D eigenvalue weighted by molar-refractivity contribution is 0.275. The van der Waals surface area contributed by atoms with E-state index in [0.29, 0.717) is 0 Å². The zero-order chi connectivity index (χ0) is 15.4. The highest BCUT2D eigenvalue weighted by Crippen LogP contribution is 2.16. The Bertz CT molecular complexity index is 608. The van der Waals surface area contributed by atoms with Crippen LogP contribution in [0.4, 0.5) is 15.9 Å². The quantitative estimate of drug-likeness (QED) is 0.937. The Kier molecular flexibility index (Phi) is 4.48. The van der Waals surface area contributed by atoms with E-state index >= 15 is 0 Å². The number of benzene rings is 1. The number of hydrogen-bond donors (Lipinski definition) is 1. The Labute approximate surface area is 129 Å². The number of aromatic nitrogens is 2. The van der Waals surface area contributed by atoms with E-state index in [0.717, 1.165) is 50.2 Å². The van der Waals surface area contributed by atoms with Crippen molar-refractivity contribution in [3.8, 4) is 0 Å². The van der Waals surface area contributed by atoms with Crippen molar-refractivity contribution in [2.24, 2.45) is 0 Å². The molecule has 0 amide bonds. The smallest absolute Gasteiger partial charge is 0.130 e. The second-order valence-corrected chi connectivity index (χ2v) is 5.41. The predicted molar refractivity (Wildman–Crippen MR) is 85.4 cm³/mol. The second-order valence-electron chi connectivity index (χ2n) is 5.41. The van der Waals surface area contributed by atoms with Crippen LogP contribution in [0, 0.1) is 12.7 Å². The van der Waals surface area contributed by atoms with Gasteiger partial charge in [-0.15, -0.1) is 0 Å². The average molecular weight is 301 g/mol. The molecule has 3 rings (SSSR count). The molecule has 1 aliphatic rings. The first-order valence-corrected chi connectivity index (χ1v) is 7.47. The number of rotatable bonds is 4. The van der Waals surface area contributed by atoms with Gasteiger partial charge in [0.15, 0.2) is 0 Å². The third kappa shape index (κ3) is 3.71. The van der Waals surface area contributed by atoms with Gasteiger partial charge in [-0.3, -0.25) is 4.90 Å². The molecule has 1 aliphatic heterocycles. The molecule has 2 heterocycles. The number of aryl methyl sites for hydroxylation is 1. The van der Waals surface area contributed by atoms with Gasteiger partial charge in [-0.05, 0) is 37.3 Å². The second kappa shape index (κ2) is 6.70. The van der Waals surface area contributed by atoms with Crippen molar-refractivity contribution in [3.05, 3.63) is 48.2 Å². The molecule has 1 fully saturated rings. The topological polar surface area (TPSA) is 44.3 Å². The third-order valence-corrected chi connectivity index (χ3v) is 3.82. The number of piperazine rings is 1. The molecule has 0 unspecified atom stereocenters. The number of anilines is 2. The maximum Gasteiger partial charge on any atom is 0.130 e. The van der Waals surface area contributed by atoms with Gasteiger partial charge in [-0.25, -0.2) is 14.4 Å². The van der Waals surface area contributed by atoms with Crippen LogP contribution in [0.2, 0.25) is 0 Å². The van der Waals surface area contributed by atoms with Crippen LogP contribution in [0.1, 0.15) is 5.82 Å². The normalized spacial score (nSPS) is 15.8. The first kappa shape index (κ1) is 14.7. The van der Waals surface area contributed by atoms with E-state index in [9.17, 15) is 4.39 Å². The predicted octanol–water partition coefficient (Wildman–Crippen LogP) is 2.12. The number of hydrogen-bond acceptors (Lipinski definition) is 5. The Balaban J connectivity index is 1.48. The van der Waals surface area contributed by atoms with Crippen molar-refractivity contribution >= 4 is 11.5 Å². The minimum atomic E-state index is -0.188. The number of nitrogens with zero attached hydrogens (tertiary/aromatic N) is 4. The fraction of sp³-hybridized carbons (Fsp3) is 0.375. The Morgan fingerprint density at radius 2 is 1.82 bits per heavy atom. The first-order valence-electron chi connectivity index (χ1n) is 7.47. The molecular formula is C16H20FN5. The van der Waals surface area contributed by atoms with E-state index in [-0.39, 0.29) is 5.82 Å². The van der Waals surface area contributed by atoms with Crippen molar-refractivity contribution in [2.45, 2.75) is 6.92 Å². The van der Waals surface area contributed by atoms with E-state index in [1.165, 1.54) is 12.1 Å². The monoisotopic (exact) mass is 301 g/mol. The summed E-state index contributed by atoms with van der Waals surface area (Å²) in [4.78, 5) is 13.0. The highest BCUT2D eigenvalue weighted by Gasteiger charge is 2.16. The molecule has 1 N–H and O–H groups in total. The van der Waals surface area contributed by atoms with Gasteiger partial charge in [0.25, 0.3) is 0 Å². The van der Waals surface area contributed by atoms with Gasteiger partial charge in [0, 0.05) is 38.1 Å². The van der Waals surface area contributed by atoms with Crippen molar-refractivity contribution in [1.82, 2.24) is 14.9 Å². The fourth-order valence-corrected chi connectivity index (χ4v) is 2.56. The summed E-state index contributed by atoms with van der Waals surface area (Å²) in [5, 5.41) is 3.32. The molecule has 0 atom stereocenters. The van der Waals surface area contributed by atoms with Crippen LogP contribution in [-0.4, -0.2) is 47.7 Å². The SMILES string of the molecule is Cc1nccc(NCN2CCN(c3ccc(F)cc3)CC2)n1. The van der Waals surface area contributed by atoms with Gasteiger partial charge < -0.3 is 10.2 Å². The Morgan fingerprint density at radius 3 is 2.50 bits per heavy atom. The summed E-state index contributed by atoms with van der Waals surface area (Å²) in [6, 6.07) is 8.59. The molecule has 6 heteroatoms. The van der Waals surface area contributed by atoms with E-state index in [2.05, 4.69) is 25.1 Å². The van der Waals surface area contributed by atoms with Crippen molar-refractivity contribution < 1.29 is 4.39 Å². The van der Waals surface area contributed by atoms with Crippen LogP contribution in [0.25, 0.3) is 0 Å². The van der Waals surface area contributed by atoms with Gasteiger partial charge in [-0.2, -0.15) is 0 Å². The molecule has 5 nitrogen and oxygen atoms in total. The summed E-state index contributed by atoms with van der Waals surface area (Å²) >= 11 is 0. The van der Waals surface area contributed by atoms with Crippen LogP contribution < -0.4 is 10.2 Å². The van der Waals surface area contributed by atoms with Gasteiger partial charge in [0.05, 0.1) is 6.67 Å². The summed E-state index contributed by atoms with van der Waals surface area (Å²) in [7, 11) is 0. The third-order valence-electron chi connectivity index (χ3n) is 3.82. The minimum absolute atomic E-state index is 0.188. The fourth-order valence-electron chi connectivity index (χ4n) is 2.56. The lowest BCUT2D eigenvalue weighted by Gasteiger charge is -2.36. The Morgan fingerprint density at radius 1 is 1.09 bits per heavy atom. The molecule has 116 valence electrons. The summed E-state index contributed by atoms with van der Waals surface area (Å²) in [6.07, 6.45) is 1.76. The lowest BCUT2D eigenvalue weighted by Crippen LogP contribution is -2.48. The van der Waals surface area contributed by atoms with Crippen molar-refractivity contribution in [1.29, 1.82) is 0 Å². The first-order chi connectivity index (χ1) is 10.7. The zero-order valence-electron chi connectivity index (χ0n) is 12.7. The zero-order valence-corrected chi connectivity index (χ0v) is 12.7. The average Bonchev–Trinajstić information content (AvgIpc) is 2.54. The largest absolute Gasteiger partial charge is 0.369 e. The van der Waals surface area contributed by atoms with Crippen LogP contribution in [-0.2, 0) is 0 Å². The van der Waals surface area contributed by atoms with Crippen molar-refractivity contribution in [3.63, 3.8) is 0 Å². The van der Waals surface area contributed by atoms with Crippen LogP contribution in [0.15, 0.2) is 36.5 Å². The lowest BCUT2D eigenvalue weighted by atomic mass is 10.2. The van der Waals surface area contributed by atoms with Crippen molar-refractivity contribution in [2.75, 3.05) is 43.1 Å². The molecule has 0 aliphatic carbocycles. The summed E-state index contributed by atoms with van der Waals surface area (Å²) in [5.74, 6) is 1.44. The minimum Gasteiger partial charge on any atom is -0.369 e. The maximum atomic E-state index is 13.0. The molecule has 1 saturated heterocycles. The summed E-state index contributed by atoms with van der Waals surface area (Å²) < 4.78 is 13.0. The van der Waals surface area contributed by atoms with E-state index in [4.69, 9.17) is 0 Å². The molecule has 1 aromatic carbocycles.